The number of carbonyl (C=O) groups excluding carboxylic acids is 3. The van der Waals surface area contributed by atoms with Crippen LogP contribution in [0.15, 0.2) is 48.6 Å². The molecule has 7 rings (SSSR count). The molecule has 6 saturated carbocycles. The van der Waals surface area contributed by atoms with E-state index in [9.17, 15) is 0 Å². The van der Waals surface area contributed by atoms with Crippen LogP contribution in [0, 0.1) is 0 Å². The molecule has 0 N–H and O–H groups in total. The van der Waals surface area contributed by atoms with Gasteiger partial charge in [-0.05, 0) is 135 Å². The van der Waals surface area contributed by atoms with Crippen molar-refractivity contribution in [2.45, 2.75) is 290 Å². The summed E-state index contributed by atoms with van der Waals surface area (Å²) in [6.07, 6.45) is 30.7. The first-order chi connectivity index (χ1) is 36.6. The van der Waals surface area contributed by atoms with Crippen molar-refractivity contribution in [1.82, 2.24) is 14.7 Å². The first-order valence-corrected chi connectivity index (χ1v) is 30.1. The van der Waals surface area contributed by atoms with Crippen LogP contribution in [0.2, 0.25) is 0 Å². The Bertz CT molecular complexity index is 1950. The summed E-state index contributed by atoms with van der Waals surface area (Å²) in [6, 6.07) is 4.82. The SMILES string of the molecule is CC/C(C)=N/O/C(=N\C1CCCCC1)N(C(=O)c1cc(C(=O)N(/C(=N/C2CCCCC2)O/N=C(\C)CC)C2CCCCC2)cc(C(=O)N(/C(=N/C2CCCCC2)O/N=C(\C)CC)C2CCCCC2)c1)C1CCCCC1. The van der Waals surface area contributed by atoms with E-state index in [2.05, 4.69) is 15.5 Å². The number of amidine groups is 3. The molecule has 6 aliphatic carbocycles. The summed E-state index contributed by atoms with van der Waals surface area (Å²) < 4.78 is 0. The van der Waals surface area contributed by atoms with Crippen molar-refractivity contribution in [1.29, 1.82) is 0 Å². The van der Waals surface area contributed by atoms with Crippen LogP contribution in [0.4, 0.5) is 0 Å². The van der Waals surface area contributed by atoms with Crippen LogP contribution in [0.3, 0.4) is 0 Å². The Kier molecular flexibility index (Phi) is 23.2. The van der Waals surface area contributed by atoms with Crippen molar-refractivity contribution < 1.29 is 28.9 Å². The summed E-state index contributed by atoms with van der Waals surface area (Å²) in [5.74, 6) is -1.16. The lowest BCUT2D eigenvalue weighted by molar-refractivity contribution is 0.0714. The zero-order valence-corrected chi connectivity index (χ0v) is 47.0. The predicted octanol–water partition coefficient (Wildman–Crippen LogP) is 14.5. The van der Waals surface area contributed by atoms with Gasteiger partial charge in [0.1, 0.15) is 0 Å². The highest BCUT2D eigenvalue weighted by Gasteiger charge is 2.39. The maximum absolute atomic E-state index is 16.1. The highest BCUT2D eigenvalue weighted by Crippen LogP contribution is 2.33. The molecular formula is C60H93N9O6. The third-order valence-electron chi connectivity index (χ3n) is 16.8. The standard InChI is InChI=1S/C60H93N9O6/c1-7-43(4)64-73-58(61-49-28-16-10-17-29-49)67(52-34-22-13-23-35-52)55(70)46-40-47(56(71)68(53-36-24-14-25-37-53)59(74-65-44(5)8-2)62-50-30-18-11-19-31-50)42-48(41-46)57(72)69(54-38-26-15-27-39-54)60(75-66-45(6)9-3)63-51-32-20-12-21-33-51/h40-42,49-54H,7-39H2,1-6H3/b61-58-,62-59-,63-60-,64-43+,65-44+,66-45+. The smallest absolute Gasteiger partial charge is 0.317 e. The molecule has 0 bridgehead atoms. The molecule has 414 valence electrons. The number of oxime groups is 3. The van der Waals surface area contributed by atoms with Gasteiger partial charge in [0, 0.05) is 34.8 Å². The molecule has 0 aliphatic heterocycles. The van der Waals surface area contributed by atoms with Crippen molar-refractivity contribution in [2.75, 3.05) is 0 Å². The second-order valence-corrected chi connectivity index (χ2v) is 22.6. The van der Waals surface area contributed by atoms with E-state index >= 15 is 14.4 Å². The molecule has 0 aromatic heterocycles. The van der Waals surface area contributed by atoms with Gasteiger partial charge in [-0.1, -0.05) is 152 Å². The average Bonchev–Trinajstić information content (AvgIpc) is 3.46. The molecule has 15 heteroatoms. The molecule has 0 radical (unpaired) electrons. The predicted molar refractivity (Wildman–Crippen MR) is 302 cm³/mol. The molecule has 15 nitrogen and oxygen atoms in total. The van der Waals surface area contributed by atoms with E-state index < -0.39 is 0 Å². The van der Waals surface area contributed by atoms with Gasteiger partial charge in [-0.3, -0.25) is 29.1 Å². The van der Waals surface area contributed by atoms with Crippen LogP contribution in [0.25, 0.3) is 0 Å². The zero-order valence-electron chi connectivity index (χ0n) is 47.0. The van der Waals surface area contributed by atoms with Crippen molar-refractivity contribution in [3.63, 3.8) is 0 Å². The normalized spacial score (nSPS) is 21.7. The van der Waals surface area contributed by atoms with Crippen LogP contribution in [-0.4, -0.2) is 104 Å². The molecule has 0 unspecified atom stereocenters. The summed E-state index contributed by atoms with van der Waals surface area (Å²) in [6.45, 7) is 11.8. The highest BCUT2D eigenvalue weighted by molar-refractivity contribution is 6.12. The lowest BCUT2D eigenvalue weighted by Crippen LogP contribution is -2.48. The highest BCUT2D eigenvalue weighted by atomic mass is 16.7. The Hall–Kier alpha value is -4.95. The number of benzene rings is 1. The van der Waals surface area contributed by atoms with Gasteiger partial charge in [-0.2, -0.15) is 0 Å². The monoisotopic (exact) mass is 1040 g/mol. The van der Waals surface area contributed by atoms with E-state index in [0.717, 1.165) is 210 Å². The molecule has 0 heterocycles. The van der Waals surface area contributed by atoms with E-state index in [4.69, 9.17) is 29.5 Å². The number of aliphatic imine (C=N–C) groups is 3. The summed E-state index contributed by atoms with van der Waals surface area (Å²) in [7, 11) is 0. The van der Waals surface area contributed by atoms with Crippen molar-refractivity contribution >= 4 is 52.9 Å². The quantitative estimate of drug-likeness (QED) is 0.0964. The van der Waals surface area contributed by atoms with Gasteiger partial charge >= 0.3 is 18.1 Å². The second-order valence-electron chi connectivity index (χ2n) is 22.6. The topological polar surface area (TPSA) is 163 Å². The largest absolute Gasteiger partial charge is 0.325 e. The minimum Gasteiger partial charge on any atom is -0.317 e. The first-order valence-electron chi connectivity index (χ1n) is 30.1. The van der Waals surface area contributed by atoms with E-state index in [-0.39, 0.29) is 88.7 Å². The molecule has 1 aromatic rings. The molecule has 6 aliphatic rings. The molecule has 6 fully saturated rings. The van der Waals surface area contributed by atoms with Crippen molar-refractivity contribution in [3.05, 3.63) is 34.9 Å². The van der Waals surface area contributed by atoms with Gasteiger partial charge in [0.2, 0.25) is 0 Å². The van der Waals surface area contributed by atoms with Crippen molar-refractivity contribution in [2.24, 2.45) is 30.4 Å². The number of hydrogen-bond donors (Lipinski definition) is 0. The third kappa shape index (κ3) is 16.8. The molecule has 75 heavy (non-hydrogen) atoms. The van der Waals surface area contributed by atoms with Crippen LogP contribution in [-0.2, 0) is 14.5 Å². The maximum atomic E-state index is 16.1. The number of nitrogens with zero attached hydrogens (tertiary/aromatic N) is 9. The fraction of sp³-hybridized carbons (Fsp3) is 0.750. The Morgan fingerprint density at radius 1 is 0.373 bits per heavy atom. The Labute approximate surface area is 449 Å². The van der Waals surface area contributed by atoms with Gasteiger partial charge in [-0.15, -0.1) is 0 Å². The summed E-state index contributed by atoms with van der Waals surface area (Å²) >= 11 is 0. The fourth-order valence-corrected chi connectivity index (χ4v) is 11.7. The number of carbonyl (C=O) groups is 3. The Morgan fingerprint density at radius 3 is 0.800 bits per heavy atom. The third-order valence-corrected chi connectivity index (χ3v) is 16.8. The maximum Gasteiger partial charge on any atom is 0.325 e. The van der Waals surface area contributed by atoms with E-state index in [0.29, 0.717) is 19.3 Å². The van der Waals surface area contributed by atoms with E-state index in [1.54, 1.807) is 32.9 Å². The molecule has 3 amide bonds. The molecular weight excluding hydrogens is 943 g/mol. The van der Waals surface area contributed by atoms with Gasteiger partial charge in [0.05, 0.1) is 35.3 Å². The molecule has 0 spiro atoms. The first kappa shape index (κ1) is 57.7. The van der Waals surface area contributed by atoms with Gasteiger partial charge in [0.25, 0.3) is 17.7 Å². The Balaban J connectivity index is 1.44. The summed E-state index contributed by atoms with van der Waals surface area (Å²) in [5.41, 5.74) is 2.92. The fourth-order valence-electron chi connectivity index (χ4n) is 11.7. The zero-order chi connectivity index (χ0) is 52.9. The molecule has 0 atom stereocenters. The number of rotatable bonds is 15. The lowest BCUT2D eigenvalue weighted by atomic mass is 9.92. The summed E-state index contributed by atoms with van der Waals surface area (Å²) in [4.78, 5) is 88.3. The minimum absolute atomic E-state index is 0.0234. The second kappa shape index (κ2) is 30.1. The number of amides is 3. The van der Waals surface area contributed by atoms with Crippen LogP contribution >= 0.6 is 0 Å². The molecule has 0 saturated heterocycles. The van der Waals surface area contributed by atoms with Gasteiger partial charge < -0.3 is 14.5 Å². The Morgan fingerprint density at radius 2 is 0.587 bits per heavy atom. The minimum atomic E-state index is -0.385. The molecule has 1 aromatic carbocycles. The van der Waals surface area contributed by atoms with Crippen molar-refractivity contribution in [3.8, 4) is 0 Å². The lowest BCUT2D eigenvalue weighted by Gasteiger charge is -2.36. The van der Waals surface area contributed by atoms with Crippen LogP contribution in [0.5, 0.6) is 0 Å². The average molecular weight is 1040 g/mol. The van der Waals surface area contributed by atoms with Crippen LogP contribution in [0.1, 0.15) is 285 Å². The van der Waals surface area contributed by atoms with E-state index in [1.165, 1.54) is 0 Å². The van der Waals surface area contributed by atoms with Gasteiger partial charge in [0.15, 0.2) is 0 Å². The van der Waals surface area contributed by atoms with E-state index in [1.807, 2.05) is 41.5 Å². The van der Waals surface area contributed by atoms with Gasteiger partial charge in [-0.25, -0.2) is 15.0 Å². The summed E-state index contributed by atoms with van der Waals surface area (Å²) in [5, 5.41) is 13.6. The van der Waals surface area contributed by atoms with Crippen LogP contribution < -0.4 is 0 Å². The number of hydrogen-bond acceptors (Lipinski definition) is 12.